The molecule has 1 atom stereocenters. The van der Waals surface area contributed by atoms with Crippen molar-refractivity contribution in [2.75, 3.05) is 5.32 Å². The summed E-state index contributed by atoms with van der Waals surface area (Å²) < 4.78 is 1.61. The molecule has 130 valence electrons. The average Bonchev–Trinajstić information content (AvgIpc) is 2.94. The molecule has 1 aromatic heterocycles. The molecule has 0 saturated carbocycles. The highest BCUT2D eigenvalue weighted by molar-refractivity contribution is 5.82. The number of phenolic OH excluding ortho intramolecular Hbond substituents is 2. The van der Waals surface area contributed by atoms with Crippen LogP contribution in [-0.2, 0) is 6.42 Å². The van der Waals surface area contributed by atoms with Crippen molar-refractivity contribution in [3.05, 3.63) is 66.0 Å². The molecule has 0 bridgehead atoms. The smallest absolute Gasteiger partial charge is 0.359 e. The lowest BCUT2D eigenvalue weighted by molar-refractivity contribution is -0.552. The second-order valence-corrected chi connectivity index (χ2v) is 6.38. The minimum atomic E-state index is -0.380. The van der Waals surface area contributed by atoms with Crippen molar-refractivity contribution in [2.24, 2.45) is 0 Å². The summed E-state index contributed by atoms with van der Waals surface area (Å²) in [6, 6.07) is 13.2. The number of nitrogens with one attached hydrogen (secondary N) is 1. The molecule has 3 N–H and O–H groups in total. The van der Waals surface area contributed by atoms with E-state index in [0.29, 0.717) is 17.9 Å². The molecule has 2 heterocycles. The van der Waals surface area contributed by atoms with Gasteiger partial charge in [-0.15, -0.1) is 0 Å². The van der Waals surface area contributed by atoms with Gasteiger partial charge in [-0.3, -0.25) is 5.32 Å². The lowest BCUT2D eigenvalue weighted by Crippen LogP contribution is -2.44. The number of fused-ring (bicyclic) bond motifs is 1. The number of carbonyl (C=O) groups excluding carboxylic acids is 1. The number of nitrogens with zero attached hydrogens (tertiary/aromatic N) is 2. The molecule has 0 aliphatic carbocycles. The van der Waals surface area contributed by atoms with Gasteiger partial charge in [0, 0.05) is 12.0 Å². The maximum Gasteiger partial charge on any atom is 0.359 e. The molecule has 2 aromatic carbocycles. The first kappa shape index (κ1) is 16.1. The number of aromatic hydroxyl groups is 2. The minimum Gasteiger partial charge on any atom is -0.508 e. The first-order chi connectivity index (χ1) is 12.5. The number of carbonyl (C=O) groups is 1. The van der Waals surface area contributed by atoms with E-state index < -0.39 is 0 Å². The maximum atomic E-state index is 12.8. The second-order valence-electron chi connectivity index (χ2n) is 6.38. The first-order valence-electron chi connectivity index (χ1n) is 8.32. The van der Waals surface area contributed by atoms with Crippen molar-refractivity contribution >= 4 is 11.7 Å². The summed E-state index contributed by atoms with van der Waals surface area (Å²) in [5.74, 6) is 1.04. The zero-order valence-corrected chi connectivity index (χ0v) is 14.2. The zero-order valence-electron chi connectivity index (χ0n) is 14.2. The van der Waals surface area contributed by atoms with Crippen molar-refractivity contribution in [3.63, 3.8) is 0 Å². The van der Waals surface area contributed by atoms with Gasteiger partial charge in [-0.05, 0) is 48.9 Å². The highest BCUT2D eigenvalue weighted by Crippen LogP contribution is 2.24. The molecule has 0 fully saturated rings. The standard InChI is InChI=1S/C20H17N3O3/c1-12-19-22-17(10-13-2-6-15(24)7-3-13)20(26)23(19)11-18(21-12)14-4-8-16(25)9-5-14/h2-9,11,17,24-25H,10H2,1H3/p+1. The Kier molecular flexibility index (Phi) is 3.80. The van der Waals surface area contributed by atoms with Crippen molar-refractivity contribution in [1.29, 1.82) is 0 Å². The number of anilines is 1. The van der Waals surface area contributed by atoms with Crippen molar-refractivity contribution in [3.8, 4) is 22.8 Å². The summed E-state index contributed by atoms with van der Waals surface area (Å²) in [5.41, 5.74) is 3.20. The fourth-order valence-corrected chi connectivity index (χ4v) is 3.14. The van der Waals surface area contributed by atoms with Crippen LogP contribution in [-0.4, -0.2) is 27.1 Å². The highest BCUT2D eigenvalue weighted by atomic mass is 16.3. The molecule has 1 aliphatic rings. The molecule has 0 spiro atoms. The van der Waals surface area contributed by atoms with Gasteiger partial charge in [0.1, 0.15) is 29.1 Å². The van der Waals surface area contributed by atoms with E-state index in [1.54, 1.807) is 47.2 Å². The summed E-state index contributed by atoms with van der Waals surface area (Å²) >= 11 is 0. The fraction of sp³-hybridized carbons (Fsp3) is 0.150. The van der Waals surface area contributed by atoms with Crippen LogP contribution in [0.4, 0.5) is 5.82 Å². The number of aromatic nitrogens is 2. The molecule has 0 amide bonds. The van der Waals surface area contributed by atoms with Gasteiger partial charge in [0.05, 0.1) is 0 Å². The molecule has 3 aromatic rings. The predicted molar refractivity (Wildman–Crippen MR) is 96.1 cm³/mol. The van der Waals surface area contributed by atoms with Crippen molar-refractivity contribution in [2.45, 2.75) is 19.4 Å². The van der Waals surface area contributed by atoms with Crippen LogP contribution in [0.1, 0.15) is 16.1 Å². The van der Waals surface area contributed by atoms with E-state index in [2.05, 4.69) is 10.3 Å². The topological polar surface area (TPSA) is 86.3 Å². The van der Waals surface area contributed by atoms with Gasteiger partial charge in [0.15, 0.2) is 6.04 Å². The molecular weight excluding hydrogens is 330 g/mol. The van der Waals surface area contributed by atoms with Gasteiger partial charge in [0.25, 0.3) is 0 Å². The zero-order chi connectivity index (χ0) is 18.3. The van der Waals surface area contributed by atoms with Crippen LogP contribution in [0.2, 0.25) is 0 Å². The lowest BCUT2D eigenvalue weighted by atomic mass is 10.1. The summed E-state index contributed by atoms with van der Waals surface area (Å²) in [4.78, 5) is 17.4. The Bertz CT molecular complexity index is 982. The van der Waals surface area contributed by atoms with Crippen LogP contribution in [0.15, 0.2) is 54.7 Å². The lowest BCUT2D eigenvalue weighted by Gasteiger charge is -2.03. The normalized spacial score (nSPS) is 15.6. The van der Waals surface area contributed by atoms with Crippen LogP contribution < -0.4 is 9.88 Å². The Hall–Kier alpha value is -3.41. The Morgan fingerprint density at radius 1 is 1.04 bits per heavy atom. The average molecular weight is 348 g/mol. The SMILES string of the molecule is Cc1nc(-c2ccc(O)cc2)c[n+]2c1NC(Cc1ccc(O)cc1)C2=O. The number of aryl methyl sites for hydroxylation is 1. The largest absolute Gasteiger partial charge is 0.508 e. The first-order valence-corrected chi connectivity index (χ1v) is 8.32. The summed E-state index contributed by atoms with van der Waals surface area (Å²) in [6.45, 7) is 1.86. The monoisotopic (exact) mass is 348 g/mol. The quantitative estimate of drug-likeness (QED) is 0.633. The van der Waals surface area contributed by atoms with Crippen LogP contribution in [0.25, 0.3) is 11.3 Å². The van der Waals surface area contributed by atoms with Crippen LogP contribution in [0, 0.1) is 6.92 Å². The van der Waals surface area contributed by atoms with Gasteiger partial charge in [-0.25, -0.2) is 9.78 Å². The Balaban J connectivity index is 1.64. The molecular formula is C20H18N3O3+. The molecule has 1 aliphatic heterocycles. The van der Waals surface area contributed by atoms with E-state index in [1.165, 1.54) is 0 Å². The number of phenols is 2. The van der Waals surface area contributed by atoms with E-state index in [1.807, 2.05) is 19.1 Å². The van der Waals surface area contributed by atoms with E-state index >= 15 is 0 Å². The van der Waals surface area contributed by atoms with Gasteiger partial charge in [-0.2, -0.15) is 4.57 Å². The third-order valence-electron chi connectivity index (χ3n) is 4.51. The summed E-state index contributed by atoms with van der Waals surface area (Å²) in [6.07, 6.45) is 2.25. The number of hydrogen-bond donors (Lipinski definition) is 3. The highest BCUT2D eigenvalue weighted by Gasteiger charge is 2.40. The molecule has 4 rings (SSSR count). The van der Waals surface area contributed by atoms with Crippen LogP contribution >= 0.6 is 0 Å². The molecule has 6 nitrogen and oxygen atoms in total. The van der Waals surface area contributed by atoms with Gasteiger partial charge in [-0.1, -0.05) is 12.1 Å². The second kappa shape index (κ2) is 6.15. The van der Waals surface area contributed by atoms with Crippen molar-refractivity contribution in [1.82, 2.24) is 4.98 Å². The van der Waals surface area contributed by atoms with E-state index in [9.17, 15) is 15.0 Å². The van der Waals surface area contributed by atoms with Crippen LogP contribution in [0.5, 0.6) is 11.5 Å². The summed E-state index contributed by atoms with van der Waals surface area (Å²) in [7, 11) is 0. The Labute approximate surface area is 150 Å². The Morgan fingerprint density at radius 3 is 2.31 bits per heavy atom. The molecule has 1 unspecified atom stereocenters. The van der Waals surface area contributed by atoms with Gasteiger partial charge in [0.2, 0.25) is 0 Å². The van der Waals surface area contributed by atoms with Crippen molar-refractivity contribution < 1.29 is 19.6 Å². The fourth-order valence-electron chi connectivity index (χ4n) is 3.14. The maximum absolute atomic E-state index is 12.8. The van der Waals surface area contributed by atoms with Crippen LogP contribution in [0.3, 0.4) is 0 Å². The van der Waals surface area contributed by atoms with E-state index in [0.717, 1.165) is 16.8 Å². The minimum absolute atomic E-state index is 0.0430. The molecule has 0 radical (unpaired) electrons. The number of hydrogen-bond acceptors (Lipinski definition) is 5. The third kappa shape index (κ3) is 2.86. The van der Waals surface area contributed by atoms with E-state index in [4.69, 9.17) is 0 Å². The predicted octanol–water partition coefficient (Wildman–Crippen LogP) is 2.43. The molecule has 0 saturated heterocycles. The van der Waals surface area contributed by atoms with Gasteiger partial charge >= 0.3 is 11.7 Å². The Morgan fingerprint density at radius 2 is 1.65 bits per heavy atom. The number of rotatable bonds is 3. The van der Waals surface area contributed by atoms with E-state index in [-0.39, 0.29) is 23.4 Å². The van der Waals surface area contributed by atoms with Gasteiger partial charge < -0.3 is 10.2 Å². The summed E-state index contributed by atoms with van der Waals surface area (Å²) in [5, 5.41) is 22.1. The number of benzene rings is 2. The molecule has 6 heteroatoms. The third-order valence-corrected chi connectivity index (χ3v) is 4.51. The molecule has 26 heavy (non-hydrogen) atoms.